The molecule has 2 N–H and O–H groups in total. The van der Waals surface area contributed by atoms with Gasteiger partial charge in [-0.15, -0.1) is 0 Å². The lowest BCUT2D eigenvalue weighted by atomic mass is 9.76. The molecule has 1 heterocycles. The summed E-state index contributed by atoms with van der Waals surface area (Å²) in [7, 11) is -2.77. The molecule has 2 fully saturated rings. The quantitative estimate of drug-likeness (QED) is 0.808. The lowest BCUT2D eigenvalue weighted by molar-refractivity contribution is 0.236. The second kappa shape index (κ2) is 4.65. The standard InChI is InChI=1S/C12H23NO2S/c13-12(6-2-1-3-7-12)9-11-5-4-8-16(14,15)10-11/h11H,1-10,13H2. The molecule has 1 atom stereocenters. The van der Waals surface area contributed by atoms with Crippen molar-refractivity contribution < 1.29 is 8.42 Å². The van der Waals surface area contributed by atoms with Gasteiger partial charge in [0.1, 0.15) is 0 Å². The van der Waals surface area contributed by atoms with Crippen LogP contribution < -0.4 is 5.73 Å². The Kier molecular flexibility index (Phi) is 3.59. The third-order valence-corrected chi connectivity index (χ3v) is 5.99. The van der Waals surface area contributed by atoms with Gasteiger partial charge in [0.25, 0.3) is 0 Å². The molecule has 0 aromatic rings. The van der Waals surface area contributed by atoms with Crippen LogP contribution in [0.3, 0.4) is 0 Å². The van der Waals surface area contributed by atoms with Crippen LogP contribution >= 0.6 is 0 Å². The lowest BCUT2D eigenvalue weighted by Crippen LogP contribution is -2.45. The Morgan fingerprint density at radius 2 is 1.81 bits per heavy atom. The summed E-state index contributed by atoms with van der Waals surface area (Å²) in [5.41, 5.74) is 6.32. The van der Waals surface area contributed by atoms with Gasteiger partial charge in [0.2, 0.25) is 0 Å². The van der Waals surface area contributed by atoms with Crippen LogP contribution in [-0.2, 0) is 9.84 Å². The number of hydrogen-bond donors (Lipinski definition) is 1. The molecule has 1 unspecified atom stereocenters. The molecular formula is C12H23NO2S. The fourth-order valence-electron chi connectivity index (χ4n) is 3.31. The van der Waals surface area contributed by atoms with Crippen LogP contribution in [0.4, 0.5) is 0 Å². The molecule has 1 saturated heterocycles. The normalized spacial score (nSPS) is 33.4. The second-order valence-electron chi connectivity index (χ2n) is 5.75. The maximum atomic E-state index is 11.6. The van der Waals surface area contributed by atoms with E-state index in [1.807, 2.05) is 0 Å². The molecule has 0 radical (unpaired) electrons. The van der Waals surface area contributed by atoms with Crippen LogP contribution in [0.15, 0.2) is 0 Å². The van der Waals surface area contributed by atoms with Gasteiger partial charge in [-0.3, -0.25) is 0 Å². The molecule has 94 valence electrons. The first kappa shape index (κ1) is 12.4. The van der Waals surface area contributed by atoms with E-state index in [1.165, 1.54) is 19.3 Å². The van der Waals surface area contributed by atoms with Crippen molar-refractivity contribution in [3.05, 3.63) is 0 Å². The highest BCUT2D eigenvalue weighted by Gasteiger charge is 2.33. The van der Waals surface area contributed by atoms with Crippen molar-refractivity contribution in [3.8, 4) is 0 Å². The monoisotopic (exact) mass is 245 g/mol. The van der Waals surface area contributed by atoms with E-state index in [9.17, 15) is 8.42 Å². The van der Waals surface area contributed by atoms with E-state index in [-0.39, 0.29) is 5.54 Å². The average molecular weight is 245 g/mol. The molecular weight excluding hydrogens is 222 g/mol. The summed E-state index contributed by atoms with van der Waals surface area (Å²) in [6.07, 6.45) is 8.72. The van der Waals surface area contributed by atoms with Crippen LogP contribution in [0.1, 0.15) is 51.4 Å². The molecule has 0 bridgehead atoms. The molecule has 0 aromatic carbocycles. The largest absolute Gasteiger partial charge is 0.325 e. The third-order valence-electron chi connectivity index (χ3n) is 4.10. The molecule has 1 aliphatic carbocycles. The van der Waals surface area contributed by atoms with Crippen LogP contribution in [0.2, 0.25) is 0 Å². The van der Waals surface area contributed by atoms with Crippen molar-refractivity contribution in [2.45, 2.75) is 56.9 Å². The summed E-state index contributed by atoms with van der Waals surface area (Å²) in [6, 6.07) is 0. The molecule has 1 aliphatic heterocycles. The SMILES string of the molecule is NC1(CC2CCCS(=O)(=O)C2)CCCCC1. The van der Waals surface area contributed by atoms with E-state index in [0.717, 1.165) is 32.1 Å². The van der Waals surface area contributed by atoms with E-state index >= 15 is 0 Å². The van der Waals surface area contributed by atoms with Crippen molar-refractivity contribution in [1.82, 2.24) is 0 Å². The molecule has 3 nitrogen and oxygen atoms in total. The summed E-state index contributed by atoms with van der Waals surface area (Å²) < 4.78 is 23.1. The van der Waals surface area contributed by atoms with E-state index in [2.05, 4.69) is 0 Å². The molecule has 2 aliphatic rings. The van der Waals surface area contributed by atoms with Crippen LogP contribution in [-0.4, -0.2) is 25.5 Å². The Morgan fingerprint density at radius 1 is 1.12 bits per heavy atom. The van der Waals surface area contributed by atoms with Crippen molar-refractivity contribution in [2.75, 3.05) is 11.5 Å². The topological polar surface area (TPSA) is 60.2 Å². The van der Waals surface area contributed by atoms with Gasteiger partial charge in [-0.25, -0.2) is 8.42 Å². The van der Waals surface area contributed by atoms with Gasteiger partial charge in [0.15, 0.2) is 9.84 Å². The minimum atomic E-state index is -2.77. The Hall–Kier alpha value is -0.0900. The van der Waals surface area contributed by atoms with Crippen molar-refractivity contribution in [1.29, 1.82) is 0 Å². The molecule has 2 rings (SSSR count). The highest BCUT2D eigenvalue weighted by molar-refractivity contribution is 7.91. The Labute approximate surface area is 98.7 Å². The fraction of sp³-hybridized carbons (Fsp3) is 1.00. The van der Waals surface area contributed by atoms with E-state index in [0.29, 0.717) is 17.4 Å². The average Bonchev–Trinajstić information content (AvgIpc) is 2.16. The summed E-state index contributed by atoms with van der Waals surface area (Å²) in [5.74, 6) is 1.09. The Balaban J connectivity index is 1.93. The smallest absolute Gasteiger partial charge is 0.150 e. The third kappa shape index (κ3) is 3.20. The highest BCUT2D eigenvalue weighted by atomic mass is 32.2. The zero-order valence-electron chi connectivity index (χ0n) is 9.95. The minimum Gasteiger partial charge on any atom is -0.325 e. The molecule has 4 heteroatoms. The van der Waals surface area contributed by atoms with E-state index < -0.39 is 9.84 Å². The first-order valence-electron chi connectivity index (χ1n) is 6.48. The predicted octanol–water partition coefficient (Wildman–Crippen LogP) is 1.86. The molecule has 1 saturated carbocycles. The summed E-state index contributed by atoms with van der Waals surface area (Å²) in [5, 5.41) is 0. The number of rotatable bonds is 2. The molecule has 0 spiro atoms. The zero-order chi connectivity index (χ0) is 11.6. The van der Waals surface area contributed by atoms with Gasteiger partial charge in [0.05, 0.1) is 11.5 Å². The number of sulfone groups is 1. The van der Waals surface area contributed by atoms with Gasteiger partial charge < -0.3 is 5.73 Å². The molecule has 16 heavy (non-hydrogen) atoms. The van der Waals surface area contributed by atoms with Crippen molar-refractivity contribution >= 4 is 9.84 Å². The maximum absolute atomic E-state index is 11.6. The van der Waals surface area contributed by atoms with Gasteiger partial charge >= 0.3 is 0 Å². The molecule has 0 amide bonds. The van der Waals surface area contributed by atoms with Gasteiger partial charge in [-0.1, -0.05) is 19.3 Å². The van der Waals surface area contributed by atoms with Crippen LogP contribution in [0, 0.1) is 5.92 Å². The lowest BCUT2D eigenvalue weighted by Gasteiger charge is -2.37. The number of hydrogen-bond acceptors (Lipinski definition) is 3. The maximum Gasteiger partial charge on any atom is 0.150 e. The van der Waals surface area contributed by atoms with Gasteiger partial charge in [-0.05, 0) is 38.0 Å². The van der Waals surface area contributed by atoms with E-state index in [4.69, 9.17) is 5.73 Å². The second-order valence-corrected chi connectivity index (χ2v) is 7.98. The highest BCUT2D eigenvalue weighted by Crippen LogP contribution is 2.34. The fourth-order valence-corrected chi connectivity index (χ4v) is 5.09. The van der Waals surface area contributed by atoms with Crippen LogP contribution in [0.25, 0.3) is 0 Å². The van der Waals surface area contributed by atoms with Gasteiger partial charge in [-0.2, -0.15) is 0 Å². The first-order chi connectivity index (χ1) is 7.49. The van der Waals surface area contributed by atoms with E-state index in [1.54, 1.807) is 0 Å². The summed E-state index contributed by atoms with van der Waals surface area (Å²) in [6.45, 7) is 0. The minimum absolute atomic E-state index is 0.0597. The van der Waals surface area contributed by atoms with Crippen LogP contribution in [0.5, 0.6) is 0 Å². The summed E-state index contributed by atoms with van der Waals surface area (Å²) >= 11 is 0. The first-order valence-corrected chi connectivity index (χ1v) is 8.31. The van der Waals surface area contributed by atoms with Crippen molar-refractivity contribution in [3.63, 3.8) is 0 Å². The Bertz CT molecular complexity index is 331. The summed E-state index contributed by atoms with van der Waals surface area (Å²) in [4.78, 5) is 0. The zero-order valence-corrected chi connectivity index (χ0v) is 10.8. The van der Waals surface area contributed by atoms with Crippen molar-refractivity contribution in [2.24, 2.45) is 11.7 Å². The van der Waals surface area contributed by atoms with Gasteiger partial charge in [0, 0.05) is 5.54 Å². The molecule has 0 aromatic heterocycles. The Morgan fingerprint density at radius 3 is 2.44 bits per heavy atom. The predicted molar refractivity (Wildman–Crippen MR) is 66.0 cm³/mol. The number of nitrogens with two attached hydrogens (primary N) is 1.